The SMILES string of the molecule is C[C@H]1CN([C@@H](C)CO)C(=O)c2cc(C#Cc3ccc(F)cc3)cnc2O[C@@H]1CN(C)Cc1ccccn1. The van der Waals surface area contributed by atoms with Crippen molar-refractivity contribution in [2.75, 3.05) is 26.7 Å². The zero-order chi connectivity index (χ0) is 26.4. The fraction of sp³-hybridized carbons (Fsp3) is 0.345. The van der Waals surface area contributed by atoms with E-state index < -0.39 is 0 Å². The number of rotatable bonds is 6. The average Bonchev–Trinajstić information content (AvgIpc) is 2.90. The molecule has 3 aromatic rings. The molecule has 1 N–H and O–H groups in total. The lowest BCUT2D eigenvalue weighted by Crippen LogP contribution is -2.49. The highest BCUT2D eigenvalue weighted by Gasteiger charge is 2.34. The quantitative estimate of drug-likeness (QED) is 0.521. The summed E-state index contributed by atoms with van der Waals surface area (Å²) in [5, 5.41) is 9.86. The minimum atomic E-state index is -0.373. The van der Waals surface area contributed by atoms with Crippen LogP contribution in [0.5, 0.6) is 5.88 Å². The number of aliphatic hydroxyl groups excluding tert-OH is 1. The third-order valence-electron chi connectivity index (χ3n) is 6.37. The van der Waals surface area contributed by atoms with Gasteiger partial charge in [0, 0.05) is 49.1 Å². The molecular formula is C29H31FN4O3. The van der Waals surface area contributed by atoms with Crippen molar-refractivity contribution in [3.05, 3.63) is 89.1 Å². The van der Waals surface area contributed by atoms with Gasteiger partial charge in [0.15, 0.2) is 0 Å². The predicted molar refractivity (Wildman–Crippen MR) is 138 cm³/mol. The summed E-state index contributed by atoms with van der Waals surface area (Å²) >= 11 is 0. The molecule has 4 rings (SSSR count). The van der Waals surface area contributed by atoms with Gasteiger partial charge in [0.05, 0.1) is 18.3 Å². The van der Waals surface area contributed by atoms with Gasteiger partial charge in [0.25, 0.3) is 5.91 Å². The summed E-state index contributed by atoms with van der Waals surface area (Å²) in [6.45, 7) is 5.38. The summed E-state index contributed by atoms with van der Waals surface area (Å²) in [6.07, 6.45) is 3.09. The Kier molecular flexibility index (Phi) is 8.49. The first-order valence-electron chi connectivity index (χ1n) is 12.3. The summed E-state index contributed by atoms with van der Waals surface area (Å²) in [5.74, 6) is 5.61. The maximum atomic E-state index is 13.6. The van der Waals surface area contributed by atoms with Crippen molar-refractivity contribution >= 4 is 5.91 Å². The molecule has 0 aliphatic carbocycles. The van der Waals surface area contributed by atoms with Crippen LogP contribution in [0.1, 0.15) is 41.0 Å². The van der Waals surface area contributed by atoms with Crippen molar-refractivity contribution in [3.63, 3.8) is 0 Å². The molecule has 7 nitrogen and oxygen atoms in total. The van der Waals surface area contributed by atoms with E-state index in [1.807, 2.05) is 39.1 Å². The first kappa shape index (κ1) is 26.3. The van der Waals surface area contributed by atoms with Crippen molar-refractivity contribution in [1.29, 1.82) is 0 Å². The normalized spacial score (nSPS) is 18.2. The zero-order valence-corrected chi connectivity index (χ0v) is 21.3. The molecule has 192 valence electrons. The summed E-state index contributed by atoms with van der Waals surface area (Å²) in [5.41, 5.74) is 2.44. The van der Waals surface area contributed by atoms with E-state index in [1.165, 1.54) is 12.1 Å². The minimum Gasteiger partial charge on any atom is -0.472 e. The van der Waals surface area contributed by atoms with Gasteiger partial charge in [-0.3, -0.25) is 14.7 Å². The van der Waals surface area contributed by atoms with E-state index >= 15 is 0 Å². The third-order valence-corrected chi connectivity index (χ3v) is 6.37. The predicted octanol–water partition coefficient (Wildman–Crippen LogP) is 3.37. The molecule has 3 atom stereocenters. The van der Waals surface area contributed by atoms with E-state index in [0.717, 1.165) is 5.69 Å². The number of aliphatic hydroxyl groups is 1. The molecule has 0 bridgehead atoms. The van der Waals surface area contributed by atoms with E-state index in [0.29, 0.717) is 36.3 Å². The van der Waals surface area contributed by atoms with Crippen LogP contribution < -0.4 is 4.74 Å². The summed E-state index contributed by atoms with van der Waals surface area (Å²) < 4.78 is 19.5. The summed E-state index contributed by atoms with van der Waals surface area (Å²) in [4.78, 5) is 26.2. The number of benzene rings is 1. The molecule has 8 heteroatoms. The Bertz CT molecular complexity index is 1270. The van der Waals surface area contributed by atoms with Gasteiger partial charge < -0.3 is 14.7 Å². The molecule has 3 heterocycles. The fourth-order valence-corrected chi connectivity index (χ4v) is 4.21. The Morgan fingerprint density at radius 1 is 1.19 bits per heavy atom. The lowest BCUT2D eigenvalue weighted by molar-refractivity contribution is 0.0324. The molecule has 2 aromatic heterocycles. The second kappa shape index (κ2) is 12.0. The molecule has 1 aromatic carbocycles. The van der Waals surface area contributed by atoms with Crippen LogP contribution in [0.15, 0.2) is 60.9 Å². The van der Waals surface area contributed by atoms with Crippen molar-refractivity contribution in [1.82, 2.24) is 19.8 Å². The molecule has 0 fully saturated rings. The first-order valence-corrected chi connectivity index (χ1v) is 12.3. The van der Waals surface area contributed by atoms with Crippen LogP contribution >= 0.6 is 0 Å². The number of carbonyl (C=O) groups excluding carboxylic acids is 1. The van der Waals surface area contributed by atoms with Crippen LogP contribution in [0.3, 0.4) is 0 Å². The van der Waals surface area contributed by atoms with E-state index in [1.54, 1.807) is 35.5 Å². The number of halogens is 1. The highest BCUT2D eigenvalue weighted by Crippen LogP contribution is 2.27. The average molecular weight is 503 g/mol. The molecule has 0 spiro atoms. The van der Waals surface area contributed by atoms with E-state index in [2.05, 4.69) is 26.7 Å². The number of ether oxygens (including phenoxy) is 1. The number of hydrogen-bond donors (Lipinski definition) is 1. The Hall–Kier alpha value is -3.80. The van der Waals surface area contributed by atoms with Crippen LogP contribution in [-0.2, 0) is 6.54 Å². The van der Waals surface area contributed by atoms with Crippen molar-refractivity contribution in [2.24, 2.45) is 5.92 Å². The topological polar surface area (TPSA) is 78.8 Å². The Morgan fingerprint density at radius 3 is 2.65 bits per heavy atom. The van der Waals surface area contributed by atoms with Gasteiger partial charge in [0.2, 0.25) is 5.88 Å². The van der Waals surface area contributed by atoms with Gasteiger partial charge in [0.1, 0.15) is 17.5 Å². The number of likely N-dealkylation sites (N-methyl/N-ethyl adjacent to an activating group) is 1. The number of aromatic nitrogens is 2. The van der Waals surface area contributed by atoms with Gasteiger partial charge in [-0.15, -0.1) is 0 Å². The van der Waals surface area contributed by atoms with Crippen molar-refractivity contribution in [2.45, 2.75) is 32.5 Å². The lowest BCUT2D eigenvalue weighted by Gasteiger charge is -2.37. The number of amides is 1. The van der Waals surface area contributed by atoms with Gasteiger partial charge in [-0.25, -0.2) is 9.37 Å². The first-order chi connectivity index (χ1) is 17.8. The zero-order valence-electron chi connectivity index (χ0n) is 21.3. The van der Waals surface area contributed by atoms with Crippen LogP contribution in [-0.4, -0.2) is 69.7 Å². The van der Waals surface area contributed by atoms with Gasteiger partial charge >= 0.3 is 0 Å². The molecule has 0 saturated heterocycles. The lowest BCUT2D eigenvalue weighted by atomic mass is 10.00. The molecule has 1 aliphatic rings. The Morgan fingerprint density at radius 2 is 1.95 bits per heavy atom. The van der Waals surface area contributed by atoms with Crippen LogP contribution in [0, 0.1) is 23.6 Å². The van der Waals surface area contributed by atoms with E-state index in [9.17, 15) is 14.3 Å². The van der Waals surface area contributed by atoms with E-state index in [-0.39, 0.29) is 42.3 Å². The van der Waals surface area contributed by atoms with Crippen molar-refractivity contribution < 1.29 is 19.0 Å². The smallest absolute Gasteiger partial charge is 0.259 e. The maximum Gasteiger partial charge on any atom is 0.259 e. The third kappa shape index (κ3) is 6.70. The van der Waals surface area contributed by atoms with Crippen LogP contribution in [0.4, 0.5) is 4.39 Å². The van der Waals surface area contributed by atoms with Crippen molar-refractivity contribution in [3.8, 4) is 17.7 Å². The second-order valence-electron chi connectivity index (χ2n) is 9.47. The summed E-state index contributed by atoms with van der Waals surface area (Å²) in [6, 6.07) is 13.0. The number of fused-ring (bicyclic) bond motifs is 1. The van der Waals surface area contributed by atoms with Gasteiger partial charge in [-0.05, 0) is 56.4 Å². The molecule has 1 aliphatic heterocycles. The molecule has 0 unspecified atom stereocenters. The maximum absolute atomic E-state index is 13.6. The van der Waals surface area contributed by atoms with Crippen LogP contribution in [0.2, 0.25) is 0 Å². The van der Waals surface area contributed by atoms with E-state index in [4.69, 9.17) is 4.74 Å². The van der Waals surface area contributed by atoms with Gasteiger partial charge in [-0.2, -0.15) is 0 Å². The molecule has 0 saturated carbocycles. The molecule has 0 radical (unpaired) electrons. The summed E-state index contributed by atoms with van der Waals surface area (Å²) in [7, 11) is 2.01. The minimum absolute atomic E-state index is 0.0166. The second-order valence-corrected chi connectivity index (χ2v) is 9.47. The molecular weight excluding hydrogens is 471 g/mol. The fourth-order valence-electron chi connectivity index (χ4n) is 4.21. The Balaban J connectivity index is 1.62. The monoisotopic (exact) mass is 502 g/mol. The highest BCUT2D eigenvalue weighted by atomic mass is 19.1. The molecule has 37 heavy (non-hydrogen) atoms. The largest absolute Gasteiger partial charge is 0.472 e. The number of carbonyl (C=O) groups is 1. The van der Waals surface area contributed by atoms with Gasteiger partial charge in [-0.1, -0.05) is 24.8 Å². The Labute approximate surface area is 216 Å². The number of nitrogens with zero attached hydrogens (tertiary/aromatic N) is 4. The molecule has 1 amide bonds. The number of pyridine rings is 2. The highest BCUT2D eigenvalue weighted by molar-refractivity contribution is 5.97. The number of hydrogen-bond acceptors (Lipinski definition) is 6. The van der Waals surface area contributed by atoms with Crippen LogP contribution in [0.25, 0.3) is 0 Å². The standard InChI is InChI=1S/C29H31FN4O3/c1-20-16-34(21(2)19-35)29(36)26-14-23(8-7-22-9-11-24(30)12-10-22)15-32-28(26)37-27(20)18-33(3)17-25-6-4-5-13-31-25/h4-6,9-15,20-21,27,35H,16-19H2,1-3H3/t20-,21-,27+/m0/s1.